The number of guanidine groups is 1. The van der Waals surface area contributed by atoms with Crippen molar-refractivity contribution in [2.45, 2.75) is 6.92 Å². The minimum atomic E-state index is -0.0248. The van der Waals surface area contributed by atoms with Gasteiger partial charge in [0.15, 0.2) is 5.96 Å². The number of halogens is 1. The van der Waals surface area contributed by atoms with Crippen LogP contribution in [-0.4, -0.2) is 13.1 Å². The van der Waals surface area contributed by atoms with Crippen molar-refractivity contribution in [2.24, 2.45) is 16.5 Å². The quantitative estimate of drug-likeness (QED) is 0.579. The molecule has 14 heavy (non-hydrogen) atoms. The van der Waals surface area contributed by atoms with Crippen molar-refractivity contribution in [2.75, 3.05) is 7.11 Å². The molecule has 1 rings (SSSR count). The van der Waals surface area contributed by atoms with Gasteiger partial charge < -0.3 is 16.2 Å². The predicted octanol–water partition coefficient (Wildman–Crippen LogP) is 1.56. The summed E-state index contributed by atoms with van der Waals surface area (Å²) in [6, 6.07) is 3.44. The summed E-state index contributed by atoms with van der Waals surface area (Å²) < 4.78 is 5.11. The Kier molecular flexibility index (Phi) is 3.19. The Labute approximate surface area is 87.5 Å². The molecule has 0 unspecified atom stereocenters. The van der Waals surface area contributed by atoms with Crippen LogP contribution in [-0.2, 0) is 0 Å². The monoisotopic (exact) mass is 213 g/mol. The third-order valence-electron chi connectivity index (χ3n) is 1.71. The Morgan fingerprint density at radius 3 is 2.57 bits per heavy atom. The molecule has 0 heterocycles. The maximum absolute atomic E-state index is 5.92. The second-order valence-corrected chi connectivity index (χ2v) is 3.22. The third kappa shape index (κ3) is 2.29. The average molecular weight is 214 g/mol. The Morgan fingerprint density at radius 1 is 1.43 bits per heavy atom. The van der Waals surface area contributed by atoms with E-state index in [2.05, 4.69) is 4.99 Å². The van der Waals surface area contributed by atoms with Gasteiger partial charge in [-0.15, -0.1) is 0 Å². The fraction of sp³-hybridized carbons (Fsp3) is 0.222. The third-order valence-corrected chi connectivity index (χ3v) is 2.12. The van der Waals surface area contributed by atoms with Crippen molar-refractivity contribution >= 4 is 23.2 Å². The molecule has 1 aromatic carbocycles. The SMILES string of the molecule is COc1cc(C)c(Cl)cc1N=C(N)N. The number of nitrogens with two attached hydrogens (primary N) is 2. The van der Waals surface area contributed by atoms with Crippen LogP contribution in [0.25, 0.3) is 0 Å². The zero-order chi connectivity index (χ0) is 10.7. The van der Waals surface area contributed by atoms with Gasteiger partial charge in [-0.3, -0.25) is 0 Å². The van der Waals surface area contributed by atoms with Gasteiger partial charge in [-0.05, 0) is 24.6 Å². The lowest BCUT2D eigenvalue weighted by atomic mass is 10.2. The van der Waals surface area contributed by atoms with Gasteiger partial charge in [0.25, 0.3) is 0 Å². The summed E-state index contributed by atoms with van der Waals surface area (Å²) in [4.78, 5) is 3.89. The number of rotatable bonds is 2. The van der Waals surface area contributed by atoms with Gasteiger partial charge in [-0.25, -0.2) is 4.99 Å². The number of methoxy groups -OCH3 is 1. The first-order valence-electron chi connectivity index (χ1n) is 3.98. The topological polar surface area (TPSA) is 73.6 Å². The van der Waals surface area contributed by atoms with Crippen molar-refractivity contribution in [3.63, 3.8) is 0 Å². The van der Waals surface area contributed by atoms with Gasteiger partial charge in [0, 0.05) is 5.02 Å². The van der Waals surface area contributed by atoms with E-state index in [1.807, 2.05) is 6.92 Å². The summed E-state index contributed by atoms with van der Waals surface area (Å²) in [6.45, 7) is 1.88. The number of hydrogen-bond acceptors (Lipinski definition) is 2. The molecule has 5 heteroatoms. The number of nitrogens with zero attached hydrogens (tertiary/aromatic N) is 1. The molecule has 0 saturated carbocycles. The molecule has 0 aliphatic heterocycles. The highest BCUT2D eigenvalue weighted by atomic mass is 35.5. The molecule has 0 spiro atoms. The van der Waals surface area contributed by atoms with Crippen LogP contribution in [0.5, 0.6) is 5.75 Å². The zero-order valence-corrected chi connectivity index (χ0v) is 8.80. The Bertz CT molecular complexity index is 373. The molecule has 4 nitrogen and oxygen atoms in total. The van der Waals surface area contributed by atoms with Crippen LogP contribution < -0.4 is 16.2 Å². The summed E-state index contributed by atoms with van der Waals surface area (Å²) in [5.41, 5.74) is 12.0. The highest BCUT2D eigenvalue weighted by Gasteiger charge is 2.05. The normalized spacial score (nSPS) is 9.64. The highest BCUT2D eigenvalue weighted by Crippen LogP contribution is 2.32. The van der Waals surface area contributed by atoms with Crippen LogP contribution in [0.4, 0.5) is 5.69 Å². The molecule has 0 aliphatic rings. The Morgan fingerprint density at radius 2 is 2.07 bits per heavy atom. The van der Waals surface area contributed by atoms with Gasteiger partial charge in [0.2, 0.25) is 0 Å². The molecular weight excluding hydrogens is 202 g/mol. The van der Waals surface area contributed by atoms with Crippen molar-refractivity contribution in [3.8, 4) is 5.75 Å². The largest absolute Gasteiger partial charge is 0.494 e. The number of hydrogen-bond donors (Lipinski definition) is 2. The minimum absolute atomic E-state index is 0.0248. The lowest BCUT2D eigenvalue weighted by Gasteiger charge is -2.07. The van der Waals surface area contributed by atoms with E-state index in [1.165, 1.54) is 0 Å². The molecule has 0 aromatic heterocycles. The van der Waals surface area contributed by atoms with E-state index < -0.39 is 0 Å². The minimum Gasteiger partial charge on any atom is -0.494 e. The first-order chi connectivity index (χ1) is 6.54. The van der Waals surface area contributed by atoms with E-state index in [-0.39, 0.29) is 5.96 Å². The number of aryl methyl sites for hydroxylation is 1. The molecule has 0 amide bonds. The van der Waals surface area contributed by atoms with Gasteiger partial charge in [-0.1, -0.05) is 11.6 Å². The second-order valence-electron chi connectivity index (χ2n) is 2.81. The summed E-state index contributed by atoms with van der Waals surface area (Å²) in [5.74, 6) is 0.573. The molecule has 0 aliphatic carbocycles. The molecule has 0 fully saturated rings. The second kappa shape index (κ2) is 4.19. The van der Waals surface area contributed by atoms with Crippen LogP contribution in [0, 0.1) is 6.92 Å². The van der Waals surface area contributed by atoms with E-state index in [0.717, 1.165) is 5.56 Å². The first kappa shape index (κ1) is 10.7. The Hall–Kier alpha value is -1.42. The highest BCUT2D eigenvalue weighted by molar-refractivity contribution is 6.31. The number of ether oxygens (including phenoxy) is 1. The van der Waals surface area contributed by atoms with Gasteiger partial charge in [0.1, 0.15) is 11.4 Å². The van der Waals surface area contributed by atoms with E-state index >= 15 is 0 Å². The summed E-state index contributed by atoms with van der Waals surface area (Å²) in [7, 11) is 1.55. The number of benzene rings is 1. The van der Waals surface area contributed by atoms with Crippen LogP contribution in [0.3, 0.4) is 0 Å². The van der Waals surface area contributed by atoms with E-state index in [9.17, 15) is 0 Å². The maximum Gasteiger partial charge on any atom is 0.191 e. The lowest BCUT2D eigenvalue weighted by molar-refractivity contribution is 0.416. The standard InChI is InChI=1S/C9H12ClN3O/c1-5-3-8(14-2)7(4-6(5)10)13-9(11)12/h3-4H,1-2H3,(H4,11,12,13). The van der Waals surface area contributed by atoms with Crippen LogP contribution in [0.1, 0.15) is 5.56 Å². The molecule has 0 radical (unpaired) electrons. The summed E-state index contributed by atoms with van der Waals surface area (Å²) >= 11 is 5.92. The van der Waals surface area contributed by atoms with Crippen LogP contribution in [0.15, 0.2) is 17.1 Å². The molecule has 0 bridgehead atoms. The van der Waals surface area contributed by atoms with Gasteiger partial charge in [0.05, 0.1) is 7.11 Å². The van der Waals surface area contributed by atoms with E-state index in [0.29, 0.717) is 16.5 Å². The van der Waals surface area contributed by atoms with E-state index in [1.54, 1.807) is 19.2 Å². The fourth-order valence-corrected chi connectivity index (χ4v) is 1.19. The molecule has 0 atom stereocenters. The predicted molar refractivity (Wildman–Crippen MR) is 58.2 cm³/mol. The van der Waals surface area contributed by atoms with Crippen molar-refractivity contribution in [1.82, 2.24) is 0 Å². The lowest BCUT2D eigenvalue weighted by Crippen LogP contribution is -2.21. The maximum atomic E-state index is 5.92. The molecule has 76 valence electrons. The zero-order valence-electron chi connectivity index (χ0n) is 8.04. The van der Waals surface area contributed by atoms with Crippen molar-refractivity contribution < 1.29 is 4.74 Å². The smallest absolute Gasteiger partial charge is 0.191 e. The molecule has 0 saturated heterocycles. The molecule has 1 aromatic rings. The van der Waals surface area contributed by atoms with Gasteiger partial charge in [-0.2, -0.15) is 0 Å². The fourth-order valence-electron chi connectivity index (χ4n) is 1.03. The van der Waals surface area contributed by atoms with Crippen molar-refractivity contribution in [1.29, 1.82) is 0 Å². The van der Waals surface area contributed by atoms with Gasteiger partial charge >= 0.3 is 0 Å². The van der Waals surface area contributed by atoms with Crippen LogP contribution >= 0.6 is 11.6 Å². The van der Waals surface area contributed by atoms with Crippen molar-refractivity contribution in [3.05, 3.63) is 22.7 Å². The summed E-state index contributed by atoms with van der Waals surface area (Å²) in [5, 5.41) is 0.603. The molecular formula is C9H12ClN3O. The molecule has 4 N–H and O–H groups in total. The van der Waals surface area contributed by atoms with E-state index in [4.69, 9.17) is 27.8 Å². The Balaban J connectivity index is 3.27. The number of aliphatic imine (C=N–C) groups is 1. The van der Waals surface area contributed by atoms with Crippen LogP contribution in [0.2, 0.25) is 5.02 Å². The summed E-state index contributed by atoms with van der Waals surface area (Å²) in [6.07, 6.45) is 0. The average Bonchev–Trinajstić information content (AvgIpc) is 2.10. The first-order valence-corrected chi connectivity index (χ1v) is 4.36.